The van der Waals surface area contributed by atoms with E-state index in [1.807, 2.05) is 6.07 Å². The van der Waals surface area contributed by atoms with E-state index in [4.69, 9.17) is 0 Å². The number of amides is 3. The lowest BCUT2D eigenvalue weighted by Crippen LogP contribution is -2.47. The van der Waals surface area contributed by atoms with Crippen LogP contribution in [-0.2, 0) is 14.4 Å². The molecule has 3 amide bonds. The molecule has 0 aromatic heterocycles. The van der Waals surface area contributed by atoms with Crippen LogP contribution in [0.4, 0.5) is 11.4 Å². The van der Waals surface area contributed by atoms with Crippen LogP contribution in [0.5, 0.6) is 0 Å². The van der Waals surface area contributed by atoms with Crippen LogP contribution in [0, 0.1) is 0 Å². The molecule has 7 nitrogen and oxygen atoms in total. The van der Waals surface area contributed by atoms with E-state index in [0.29, 0.717) is 17.4 Å². The van der Waals surface area contributed by atoms with Crippen molar-refractivity contribution in [2.24, 2.45) is 0 Å². The monoisotopic (exact) mass is 344 g/mol. The van der Waals surface area contributed by atoms with Crippen LogP contribution >= 0.6 is 0 Å². The Bertz CT molecular complexity index is 676. The number of nitrogens with zero attached hydrogens (tertiary/aromatic N) is 1. The lowest BCUT2D eigenvalue weighted by atomic mass is 10.0. The van der Waals surface area contributed by atoms with Gasteiger partial charge in [-0.3, -0.25) is 14.4 Å². The van der Waals surface area contributed by atoms with Gasteiger partial charge in [-0.1, -0.05) is 12.1 Å². The molecule has 1 aromatic carbocycles. The van der Waals surface area contributed by atoms with E-state index in [0.717, 1.165) is 19.4 Å². The van der Waals surface area contributed by atoms with Crippen molar-refractivity contribution < 1.29 is 14.4 Å². The van der Waals surface area contributed by atoms with Crippen molar-refractivity contribution in [3.8, 4) is 0 Å². The molecule has 0 bridgehead atoms. The molecule has 2 unspecified atom stereocenters. The van der Waals surface area contributed by atoms with E-state index in [-0.39, 0.29) is 43.1 Å². The minimum atomic E-state index is -0.222. The first-order valence-corrected chi connectivity index (χ1v) is 8.75. The summed E-state index contributed by atoms with van der Waals surface area (Å²) in [6, 6.07) is 7.74. The Morgan fingerprint density at radius 2 is 2.08 bits per heavy atom. The summed E-state index contributed by atoms with van der Waals surface area (Å²) in [5.74, 6) is -0.543. The van der Waals surface area contributed by atoms with Gasteiger partial charge in [-0.2, -0.15) is 0 Å². The zero-order chi connectivity index (χ0) is 17.8. The molecule has 0 radical (unpaired) electrons. The van der Waals surface area contributed by atoms with Crippen molar-refractivity contribution in [1.29, 1.82) is 0 Å². The summed E-state index contributed by atoms with van der Waals surface area (Å²) in [5.41, 5.74) is 1.31. The Morgan fingerprint density at radius 3 is 2.88 bits per heavy atom. The maximum atomic E-state index is 12.5. The fraction of sp³-hybridized carbons (Fsp3) is 0.500. The normalized spacial score (nSPS) is 22.8. The van der Waals surface area contributed by atoms with Gasteiger partial charge in [0.2, 0.25) is 17.7 Å². The lowest BCUT2D eigenvalue weighted by Gasteiger charge is -2.30. The summed E-state index contributed by atoms with van der Waals surface area (Å²) >= 11 is 0. The molecule has 0 aliphatic carbocycles. The number of carbonyl (C=O) groups is 3. The lowest BCUT2D eigenvalue weighted by molar-refractivity contribution is -0.126. The number of piperidine rings is 1. The second-order valence-electron chi connectivity index (χ2n) is 6.69. The SMILES string of the molecule is CC1CC(NC(=O)CCC(=O)N2CC(=O)Nc3ccccc32)CCN1. The van der Waals surface area contributed by atoms with Gasteiger partial charge in [-0.15, -0.1) is 0 Å². The summed E-state index contributed by atoms with van der Waals surface area (Å²) in [7, 11) is 0. The second-order valence-corrected chi connectivity index (χ2v) is 6.69. The molecule has 3 rings (SSSR count). The molecule has 1 aromatic rings. The van der Waals surface area contributed by atoms with Gasteiger partial charge in [0.1, 0.15) is 6.54 Å². The Labute approximate surface area is 147 Å². The molecule has 2 heterocycles. The minimum absolute atomic E-state index is 0.0106. The van der Waals surface area contributed by atoms with Gasteiger partial charge in [0.05, 0.1) is 11.4 Å². The molecule has 2 aliphatic rings. The zero-order valence-electron chi connectivity index (χ0n) is 14.4. The van der Waals surface area contributed by atoms with Crippen molar-refractivity contribution in [1.82, 2.24) is 10.6 Å². The number of nitrogens with one attached hydrogen (secondary N) is 3. The number of hydrogen-bond acceptors (Lipinski definition) is 4. The summed E-state index contributed by atoms with van der Waals surface area (Å²) < 4.78 is 0. The smallest absolute Gasteiger partial charge is 0.244 e. The van der Waals surface area contributed by atoms with Gasteiger partial charge in [0.15, 0.2) is 0 Å². The van der Waals surface area contributed by atoms with Gasteiger partial charge in [-0.05, 0) is 38.4 Å². The Hall–Kier alpha value is -2.41. The van der Waals surface area contributed by atoms with Crippen molar-refractivity contribution in [3.63, 3.8) is 0 Å². The third-order valence-corrected chi connectivity index (χ3v) is 4.63. The van der Waals surface area contributed by atoms with Crippen molar-refractivity contribution in [2.75, 3.05) is 23.3 Å². The van der Waals surface area contributed by atoms with Gasteiger partial charge >= 0.3 is 0 Å². The molecule has 0 saturated carbocycles. The van der Waals surface area contributed by atoms with Crippen LogP contribution in [0.25, 0.3) is 0 Å². The van der Waals surface area contributed by atoms with Crippen LogP contribution in [0.1, 0.15) is 32.6 Å². The number of benzene rings is 1. The third kappa shape index (κ3) is 4.36. The third-order valence-electron chi connectivity index (χ3n) is 4.63. The number of hydrogen-bond donors (Lipinski definition) is 3. The molecule has 7 heteroatoms. The van der Waals surface area contributed by atoms with Crippen molar-refractivity contribution in [2.45, 2.75) is 44.7 Å². The summed E-state index contributed by atoms with van der Waals surface area (Å²) in [6.07, 6.45) is 2.04. The Morgan fingerprint density at radius 1 is 1.28 bits per heavy atom. The van der Waals surface area contributed by atoms with Gasteiger partial charge < -0.3 is 20.9 Å². The molecule has 134 valence electrons. The van der Waals surface area contributed by atoms with Gasteiger partial charge in [-0.25, -0.2) is 0 Å². The quantitative estimate of drug-likeness (QED) is 0.760. The standard InChI is InChI=1S/C18H24N4O3/c1-12-10-13(8-9-19-12)20-16(23)6-7-18(25)22-11-17(24)21-14-4-2-3-5-15(14)22/h2-5,12-13,19H,6-11H2,1H3,(H,20,23)(H,21,24). The first kappa shape index (κ1) is 17.4. The molecule has 25 heavy (non-hydrogen) atoms. The maximum absolute atomic E-state index is 12.5. The van der Waals surface area contributed by atoms with Crippen LogP contribution in [0.15, 0.2) is 24.3 Å². The first-order valence-electron chi connectivity index (χ1n) is 8.75. The highest BCUT2D eigenvalue weighted by atomic mass is 16.2. The fourth-order valence-corrected chi connectivity index (χ4v) is 3.37. The van der Waals surface area contributed by atoms with E-state index in [1.54, 1.807) is 18.2 Å². The summed E-state index contributed by atoms with van der Waals surface area (Å²) in [5, 5.41) is 9.10. The van der Waals surface area contributed by atoms with E-state index < -0.39 is 0 Å². The number of carbonyl (C=O) groups excluding carboxylic acids is 3. The van der Waals surface area contributed by atoms with E-state index in [9.17, 15) is 14.4 Å². The van der Waals surface area contributed by atoms with E-state index >= 15 is 0 Å². The Balaban J connectivity index is 1.54. The summed E-state index contributed by atoms with van der Waals surface area (Å²) in [4.78, 5) is 37.9. The average Bonchev–Trinajstić information content (AvgIpc) is 2.59. The second kappa shape index (κ2) is 7.65. The van der Waals surface area contributed by atoms with Crippen LogP contribution in [0.2, 0.25) is 0 Å². The molecule has 1 fully saturated rings. The van der Waals surface area contributed by atoms with Gasteiger partial charge in [0, 0.05) is 24.9 Å². The van der Waals surface area contributed by atoms with Crippen LogP contribution < -0.4 is 20.9 Å². The van der Waals surface area contributed by atoms with Crippen molar-refractivity contribution in [3.05, 3.63) is 24.3 Å². The molecule has 0 spiro atoms. The molecule has 3 N–H and O–H groups in total. The number of para-hydroxylation sites is 2. The van der Waals surface area contributed by atoms with E-state index in [1.165, 1.54) is 4.90 Å². The summed E-state index contributed by atoms with van der Waals surface area (Å²) in [6.45, 7) is 2.98. The number of rotatable bonds is 4. The fourth-order valence-electron chi connectivity index (χ4n) is 3.37. The highest BCUT2D eigenvalue weighted by molar-refractivity contribution is 6.10. The topological polar surface area (TPSA) is 90.5 Å². The van der Waals surface area contributed by atoms with Crippen LogP contribution in [0.3, 0.4) is 0 Å². The highest BCUT2D eigenvalue weighted by Crippen LogP contribution is 2.29. The maximum Gasteiger partial charge on any atom is 0.244 e. The van der Waals surface area contributed by atoms with Crippen LogP contribution in [-0.4, -0.2) is 42.9 Å². The van der Waals surface area contributed by atoms with Crippen molar-refractivity contribution >= 4 is 29.1 Å². The predicted molar refractivity (Wildman–Crippen MR) is 95.3 cm³/mol. The number of fused-ring (bicyclic) bond motifs is 1. The first-order chi connectivity index (χ1) is 12.0. The van der Waals surface area contributed by atoms with E-state index in [2.05, 4.69) is 22.9 Å². The Kier molecular flexibility index (Phi) is 5.33. The number of anilines is 2. The minimum Gasteiger partial charge on any atom is -0.353 e. The molecular formula is C18H24N4O3. The predicted octanol–water partition coefficient (Wildman–Crippen LogP) is 1.01. The molecule has 1 saturated heterocycles. The molecule has 2 atom stereocenters. The highest BCUT2D eigenvalue weighted by Gasteiger charge is 2.27. The molecular weight excluding hydrogens is 320 g/mol. The zero-order valence-corrected chi connectivity index (χ0v) is 14.4. The largest absolute Gasteiger partial charge is 0.353 e. The average molecular weight is 344 g/mol. The van der Waals surface area contributed by atoms with Gasteiger partial charge in [0.25, 0.3) is 0 Å². The molecule has 2 aliphatic heterocycles.